The fourth-order valence-corrected chi connectivity index (χ4v) is 2.88. The van der Waals surface area contributed by atoms with Gasteiger partial charge in [0.05, 0.1) is 13.2 Å². The second-order valence-electron chi connectivity index (χ2n) is 6.40. The van der Waals surface area contributed by atoms with Gasteiger partial charge in [0.25, 0.3) is 5.91 Å². The van der Waals surface area contributed by atoms with Crippen LogP contribution in [0.5, 0.6) is 0 Å². The molecule has 0 spiro atoms. The van der Waals surface area contributed by atoms with E-state index >= 15 is 0 Å². The van der Waals surface area contributed by atoms with Gasteiger partial charge in [-0.25, -0.2) is 4.98 Å². The summed E-state index contributed by atoms with van der Waals surface area (Å²) >= 11 is 0. The molecule has 25 heavy (non-hydrogen) atoms. The van der Waals surface area contributed by atoms with Gasteiger partial charge in [-0.2, -0.15) is 5.10 Å². The van der Waals surface area contributed by atoms with Gasteiger partial charge >= 0.3 is 0 Å². The first-order valence-corrected chi connectivity index (χ1v) is 8.50. The first-order valence-electron chi connectivity index (χ1n) is 8.50. The Kier molecular flexibility index (Phi) is 5.45. The fourth-order valence-electron chi connectivity index (χ4n) is 2.88. The third-order valence-electron chi connectivity index (χ3n) is 4.28. The Morgan fingerprint density at radius 2 is 2.12 bits per heavy atom. The zero-order chi connectivity index (χ0) is 17.8. The van der Waals surface area contributed by atoms with Crippen LogP contribution in [0, 0.1) is 0 Å². The molecule has 0 bridgehead atoms. The van der Waals surface area contributed by atoms with Crippen LogP contribution >= 0.6 is 0 Å². The summed E-state index contributed by atoms with van der Waals surface area (Å²) in [5.74, 6) is 1.59. The van der Waals surface area contributed by atoms with Gasteiger partial charge in [-0.05, 0) is 5.56 Å². The summed E-state index contributed by atoms with van der Waals surface area (Å²) in [6, 6.07) is 9.52. The molecule has 7 nitrogen and oxygen atoms in total. The van der Waals surface area contributed by atoms with Crippen LogP contribution in [0.15, 0.2) is 30.3 Å². The van der Waals surface area contributed by atoms with Gasteiger partial charge in [0, 0.05) is 19.6 Å². The molecule has 0 saturated carbocycles. The molecule has 0 radical (unpaired) electrons. The highest BCUT2D eigenvalue weighted by molar-refractivity contribution is 5.82. The predicted molar refractivity (Wildman–Crippen MR) is 91.9 cm³/mol. The molecule has 1 fully saturated rings. The Labute approximate surface area is 147 Å². The summed E-state index contributed by atoms with van der Waals surface area (Å²) in [5, 5.41) is 7.15. The number of morpholine rings is 1. The number of carbonyl (C=O) groups excluding carboxylic acids is 1. The van der Waals surface area contributed by atoms with Crippen LogP contribution in [-0.4, -0.2) is 52.8 Å². The Hall–Kier alpha value is -2.25. The number of methoxy groups -OCH3 is 1. The van der Waals surface area contributed by atoms with Crippen molar-refractivity contribution in [2.24, 2.45) is 0 Å². The Morgan fingerprint density at radius 3 is 2.76 bits per heavy atom. The van der Waals surface area contributed by atoms with E-state index in [0.29, 0.717) is 25.5 Å². The van der Waals surface area contributed by atoms with Crippen LogP contribution in [0.25, 0.3) is 0 Å². The van der Waals surface area contributed by atoms with E-state index in [-0.39, 0.29) is 17.9 Å². The first-order chi connectivity index (χ1) is 12.1. The molecule has 1 aliphatic rings. The maximum Gasteiger partial charge on any atom is 0.256 e. The van der Waals surface area contributed by atoms with Gasteiger partial charge in [0.1, 0.15) is 6.10 Å². The van der Waals surface area contributed by atoms with Crippen LogP contribution in [0.1, 0.15) is 49.2 Å². The summed E-state index contributed by atoms with van der Waals surface area (Å²) < 4.78 is 11.2. The van der Waals surface area contributed by atoms with Crippen molar-refractivity contribution in [2.45, 2.75) is 32.0 Å². The average molecular weight is 344 g/mol. The van der Waals surface area contributed by atoms with Crippen LogP contribution in [0.3, 0.4) is 0 Å². The molecule has 1 N–H and O–H groups in total. The van der Waals surface area contributed by atoms with Gasteiger partial charge in [0.15, 0.2) is 17.8 Å². The molecule has 2 aromatic rings. The standard InChI is InChI=1S/C18H24N4O3/c1-12(2)16-19-17(21-20-16)14-11-22(9-10-25-14)18(23)15(24-3)13-7-5-4-6-8-13/h4-8,12,14-15H,9-11H2,1-3H3,(H,19,20,21)/t14-,15-/m0/s1. The summed E-state index contributed by atoms with van der Waals surface area (Å²) in [6.07, 6.45) is -0.910. The number of nitrogens with one attached hydrogen (secondary N) is 1. The van der Waals surface area contributed by atoms with E-state index in [1.165, 1.54) is 0 Å². The molecule has 1 aromatic heterocycles. The number of hydrogen-bond donors (Lipinski definition) is 1. The third kappa shape index (κ3) is 3.88. The Bertz CT molecular complexity index is 701. The molecule has 134 valence electrons. The van der Waals surface area contributed by atoms with Crippen molar-refractivity contribution in [3.05, 3.63) is 47.5 Å². The number of amides is 1. The van der Waals surface area contributed by atoms with E-state index < -0.39 is 6.10 Å². The van der Waals surface area contributed by atoms with Crippen LogP contribution in [0.4, 0.5) is 0 Å². The SMILES string of the molecule is CO[C@H](C(=O)N1CCO[C@H](c2nc(C(C)C)n[nH]2)C1)c1ccccc1. The number of benzene rings is 1. The largest absolute Gasteiger partial charge is 0.367 e. The summed E-state index contributed by atoms with van der Waals surface area (Å²) in [6.45, 7) is 5.49. The summed E-state index contributed by atoms with van der Waals surface area (Å²) in [7, 11) is 1.55. The monoisotopic (exact) mass is 344 g/mol. The van der Waals surface area contributed by atoms with E-state index in [1.807, 2.05) is 44.2 Å². The van der Waals surface area contributed by atoms with Crippen molar-refractivity contribution in [2.75, 3.05) is 26.8 Å². The normalized spacial score (nSPS) is 19.2. The van der Waals surface area contributed by atoms with Gasteiger partial charge in [-0.3, -0.25) is 9.89 Å². The van der Waals surface area contributed by atoms with Crippen LogP contribution in [0.2, 0.25) is 0 Å². The molecular formula is C18H24N4O3. The lowest BCUT2D eigenvalue weighted by atomic mass is 10.1. The quantitative estimate of drug-likeness (QED) is 0.899. The van der Waals surface area contributed by atoms with Gasteiger partial charge in [0.2, 0.25) is 0 Å². The molecule has 3 rings (SSSR count). The zero-order valence-corrected chi connectivity index (χ0v) is 14.8. The maximum atomic E-state index is 12.9. The maximum absolute atomic E-state index is 12.9. The van der Waals surface area contributed by atoms with Gasteiger partial charge in [-0.15, -0.1) is 0 Å². The molecule has 1 aliphatic heterocycles. The number of aromatic nitrogens is 3. The van der Waals surface area contributed by atoms with Crippen molar-refractivity contribution >= 4 is 5.91 Å². The number of ether oxygens (including phenoxy) is 2. The van der Waals surface area contributed by atoms with E-state index in [4.69, 9.17) is 9.47 Å². The second kappa shape index (κ2) is 7.76. The topological polar surface area (TPSA) is 80.3 Å². The highest BCUT2D eigenvalue weighted by atomic mass is 16.5. The van der Waals surface area contributed by atoms with Crippen LogP contribution in [-0.2, 0) is 14.3 Å². The molecule has 7 heteroatoms. The highest BCUT2D eigenvalue weighted by Gasteiger charge is 2.32. The smallest absolute Gasteiger partial charge is 0.256 e. The van der Waals surface area contributed by atoms with Gasteiger partial charge < -0.3 is 14.4 Å². The second-order valence-corrected chi connectivity index (χ2v) is 6.40. The molecule has 2 heterocycles. The van der Waals surface area contributed by atoms with Crippen molar-refractivity contribution in [1.82, 2.24) is 20.1 Å². The number of H-pyrrole nitrogens is 1. The molecule has 1 amide bonds. The van der Waals surface area contributed by atoms with E-state index in [2.05, 4.69) is 15.2 Å². The van der Waals surface area contributed by atoms with Crippen molar-refractivity contribution in [3.63, 3.8) is 0 Å². The Morgan fingerprint density at radius 1 is 1.36 bits per heavy atom. The number of hydrogen-bond acceptors (Lipinski definition) is 5. The van der Waals surface area contributed by atoms with E-state index in [1.54, 1.807) is 12.0 Å². The first kappa shape index (κ1) is 17.6. The molecule has 1 aromatic carbocycles. The van der Waals surface area contributed by atoms with E-state index in [0.717, 1.165) is 11.4 Å². The highest BCUT2D eigenvalue weighted by Crippen LogP contribution is 2.25. The summed E-state index contributed by atoms with van der Waals surface area (Å²) in [5.41, 5.74) is 0.847. The number of carbonyl (C=O) groups is 1. The lowest BCUT2D eigenvalue weighted by Gasteiger charge is -2.33. The number of nitrogens with zero attached hydrogens (tertiary/aromatic N) is 3. The lowest BCUT2D eigenvalue weighted by molar-refractivity contribution is -0.150. The molecule has 0 unspecified atom stereocenters. The van der Waals surface area contributed by atoms with Crippen molar-refractivity contribution < 1.29 is 14.3 Å². The average Bonchev–Trinajstić information content (AvgIpc) is 3.14. The van der Waals surface area contributed by atoms with Crippen molar-refractivity contribution in [3.8, 4) is 0 Å². The minimum Gasteiger partial charge on any atom is -0.367 e. The van der Waals surface area contributed by atoms with Gasteiger partial charge in [-0.1, -0.05) is 44.2 Å². The minimum atomic E-state index is -0.610. The summed E-state index contributed by atoms with van der Waals surface area (Å²) in [4.78, 5) is 19.2. The number of aromatic amines is 1. The molecule has 2 atom stereocenters. The molecule has 1 saturated heterocycles. The fraction of sp³-hybridized carbons (Fsp3) is 0.500. The van der Waals surface area contributed by atoms with Crippen molar-refractivity contribution in [1.29, 1.82) is 0 Å². The number of rotatable bonds is 5. The molecule has 0 aliphatic carbocycles. The molecular weight excluding hydrogens is 320 g/mol. The van der Waals surface area contributed by atoms with E-state index in [9.17, 15) is 4.79 Å². The Balaban J connectivity index is 1.72. The predicted octanol–water partition coefficient (Wildman–Crippen LogP) is 2.22. The minimum absolute atomic E-state index is 0.0643. The lowest BCUT2D eigenvalue weighted by Crippen LogP contribution is -2.45. The third-order valence-corrected chi connectivity index (χ3v) is 4.28. The zero-order valence-electron chi connectivity index (χ0n) is 14.8. The van der Waals surface area contributed by atoms with Crippen LogP contribution < -0.4 is 0 Å².